The van der Waals surface area contributed by atoms with Crippen LogP contribution in [0, 0.1) is 0 Å². The average molecular weight is 264 g/mol. The minimum Gasteiger partial charge on any atom is -0.384 e. The molecule has 0 bridgehead atoms. The first-order valence-corrected chi connectivity index (χ1v) is 6.73. The van der Waals surface area contributed by atoms with Crippen LogP contribution in [0.3, 0.4) is 0 Å². The molecule has 0 fully saturated rings. The zero-order chi connectivity index (χ0) is 14.1. The average Bonchev–Trinajstić information content (AvgIpc) is 2.39. The molecule has 0 saturated carbocycles. The highest BCUT2D eigenvalue weighted by Crippen LogP contribution is 2.23. The van der Waals surface area contributed by atoms with E-state index in [2.05, 4.69) is 36.6 Å². The second-order valence-electron chi connectivity index (χ2n) is 4.76. The number of para-hydroxylation sites is 1. The molecule has 4 nitrogen and oxygen atoms in total. The van der Waals surface area contributed by atoms with Gasteiger partial charge in [-0.1, -0.05) is 32.0 Å². The molecular formula is C15H24N2O2. The molecule has 0 aliphatic rings. The third-order valence-electron chi connectivity index (χ3n) is 2.88. The Hall–Kier alpha value is -1.55. The Labute approximate surface area is 115 Å². The lowest BCUT2D eigenvalue weighted by atomic mass is 10.0. The number of hydrogen-bond acceptors (Lipinski definition) is 3. The van der Waals surface area contributed by atoms with Gasteiger partial charge in [-0.2, -0.15) is 0 Å². The Morgan fingerprint density at radius 1 is 1.26 bits per heavy atom. The van der Waals surface area contributed by atoms with Crippen molar-refractivity contribution >= 4 is 11.6 Å². The Balaban J connectivity index is 2.35. The van der Waals surface area contributed by atoms with Crippen LogP contribution < -0.4 is 10.6 Å². The highest BCUT2D eigenvalue weighted by Gasteiger charge is 2.06. The minimum absolute atomic E-state index is 0.0478. The predicted molar refractivity (Wildman–Crippen MR) is 78.5 cm³/mol. The van der Waals surface area contributed by atoms with E-state index < -0.39 is 0 Å². The van der Waals surface area contributed by atoms with E-state index in [4.69, 9.17) is 4.74 Å². The topological polar surface area (TPSA) is 50.4 Å². The monoisotopic (exact) mass is 264 g/mol. The first-order valence-electron chi connectivity index (χ1n) is 6.73. The van der Waals surface area contributed by atoms with Gasteiger partial charge in [-0.05, 0) is 17.5 Å². The molecule has 1 aromatic carbocycles. The molecule has 4 heteroatoms. The SMILES string of the molecule is COCCNC(=O)CCNc1ccccc1C(C)C. The van der Waals surface area contributed by atoms with Gasteiger partial charge in [0.25, 0.3) is 0 Å². The van der Waals surface area contributed by atoms with Crippen molar-refractivity contribution in [2.75, 3.05) is 32.1 Å². The van der Waals surface area contributed by atoms with Crippen LogP contribution >= 0.6 is 0 Å². The van der Waals surface area contributed by atoms with Gasteiger partial charge in [0.15, 0.2) is 0 Å². The lowest BCUT2D eigenvalue weighted by Crippen LogP contribution is -2.28. The van der Waals surface area contributed by atoms with Crippen molar-refractivity contribution in [1.29, 1.82) is 0 Å². The van der Waals surface area contributed by atoms with Crippen molar-refractivity contribution < 1.29 is 9.53 Å². The molecule has 0 radical (unpaired) electrons. The first-order chi connectivity index (χ1) is 9.15. The van der Waals surface area contributed by atoms with Crippen molar-refractivity contribution in [3.05, 3.63) is 29.8 Å². The predicted octanol–water partition coefficient (Wildman–Crippen LogP) is 2.37. The second-order valence-corrected chi connectivity index (χ2v) is 4.76. The molecule has 0 heterocycles. The Bertz CT molecular complexity index is 391. The van der Waals surface area contributed by atoms with E-state index >= 15 is 0 Å². The van der Waals surface area contributed by atoms with Crippen LogP contribution in [-0.2, 0) is 9.53 Å². The number of amides is 1. The van der Waals surface area contributed by atoms with Crippen LogP contribution in [0.25, 0.3) is 0 Å². The standard InChI is InChI=1S/C15H24N2O2/c1-12(2)13-6-4-5-7-14(13)16-9-8-15(18)17-10-11-19-3/h4-7,12,16H,8-11H2,1-3H3,(H,17,18). The van der Waals surface area contributed by atoms with Gasteiger partial charge < -0.3 is 15.4 Å². The maximum Gasteiger partial charge on any atom is 0.221 e. The number of rotatable bonds is 8. The number of carbonyl (C=O) groups excluding carboxylic acids is 1. The number of nitrogens with one attached hydrogen (secondary N) is 2. The number of benzene rings is 1. The molecule has 0 aliphatic heterocycles. The van der Waals surface area contributed by atoms with Gasteiger partial charge in [-0.15, -0.1) is 0 Å². The Morgan fingerprint density at radius 3 is 2.68 bits per heavy atom. The van der Waals surface area contributed by atoms with Crippen LogP contribution in [0.5, 0.6) is 0 Å². The number of ether oxygens (including phenoxy) is 1. The summed E-state index contributed by atoms with van der Waals surface area (Å²) in [6.07, 6.45) is 0.468. The van der Waals surface area contributed by atoms with E-state index in [-0.39, 0.29) is 5.91 Å². The molecule has 19 heavy (non-hydrogen) atoms. The highest BCUT2D eigenvalue weighted by molar-refractivity contribution is 5.76. The summed E-state index contributed by atoms with van der Waals surface area (Å²) in [5.74, 6) is 0.519. The molecule has 0 aliphatic carbocycles. The minimum atomic E-state index is 0.0478. The molecular weight excluding hydrogens is 240 g/mol. The highest BCUT2D eigenvalue weighted by atomic mass is 16.5. The van der Waals surface area contributed by atoms with Gasteiger partial charge >= 0.3 is 0 Å². The summed E-state index contributed by atoms with van der Waals surface area (Å²) in [6, 6.07) is 8.22. The maximum atomic E-state index is 11.5. The maximum absolute atomic E-state index is 11.5. The zero-order valence-corrected chi connectivity index (χ0v) is 12.0. The van der Waals surface area contributed by atoms with E-state index in [1.165, 1.54) is 5.56 Å². The number of anilines is 1. The molecule has 0 unspecified atom stereocenters. The molecule has 1 amide bonds. The van der Waals surface area contributed by atoms with Crippen molar-refractivity contribution in [2.24, 2.45) is 0 Å². The largest absolute Gasteiger partial charge is 0.384 e. The quantitative estimate of drug-likeness (QED) is 0.709. The fraction of sp³-hybridized carbons (Fsp3) is 0.533. The van der Waals surface area contributed by atoms with Gasteiger partial charge in [0, 0.05) is 32.3 Å². The summed E-state index contributed by atoms with van der Waals surface area (Å²) in [6.45, 7) is 6.09. The summed E-state index contributed by atoms with van der Waals surface area (Å²) in [4.78, 5) is 11.5. The molecule has 0 aromatic heterocycles. The Kier molecular flexibility index (Phi) is 6.97. The van der Waals surface area contributed by atoms with E-state index in [1.807, 2.05) is 12.1 Å². The Morgan fingerprint density at radius 2 is 2.00 bits per heavy atom. The van der Waals surface area contributed by atoms with E-state index in [0.29, 0.717) is 32.0 Å². The summed E-state index contributed by atoms with van der Waals surface area (Å²) < 4.78 is 4.88. The van der Waals surface area contributed by atoms with Crippen molar-refractivity contribution in [3.8, 4) is 0 Å². The summed E-state index contributed by atoms with van der Waals surface area (Å²) in [5, 5.41) is 6.13. The van der Waals surface area contributed by atoms with Gasteiger partial charge in [0.2, 0.25) is 5.91 Å². The summed E-state index contributed by atoms with van der Waals surface area (Å²) >= 11 is 0. The molecule has 1 aromatic rings. The molecule has 0 atom stereocenters. The summed E-state index contributed by atoms with van der Waals surface area (Å²) in [5.41, 5.74) is 2.39. The molecule has 106 valence electrons. The van der Waals surface area contributed by atoms with Gasteiger partial charge in [0.05, 0.1) is 6.61 Å². The molecule has 0 saturated heterocycles. The van der Waals surface area contributed by atoms with Crippen LogP contribution in [0.4, 0.5) is 5.69 Å². The van der Waals surface area contributed by atoms with E-state index in [9.17, 15) is 4.79 Å². The van der Waals surface area contributed by atoms with Crippen LogP contribution in [-0.4, -0.2) is 32.7 Å². The fourth-order valence-electron chi connectivity index (χ4n) is 1.85. The lowest BCUT2D eigenvalue weighted by Gasteiger charge is -2.14. The van der Waals surface area contributed by atoms with Crippen LogP contribution in [0.1, 0.15) is 31.7 Å². The number of methoxy groups -OCH3 is 1. The third-order valence-corrected chi connectivity index (χ3v) is 2.88. The van der Waals surface area contributed by atoms with Crippen LogP contribution in [0.15, 0.2) is 24.3 Å². The van der Waals surface area contributed by atoms with E-state index in [1.54, 1.807) is 7.11 Å². The molecule has 0 spiro atoms. The second kappa shape index (κ2) is 8.53. The number of hydrogen-bond donors (Lipinski definition) is 2. The van der Waals surface area contributed by atoms with Crippen molar-refractivity contribution in [1.82, 2.24) is 5.32 Å². The van der Waals surface area contributed by atoms with Crippen molar-refractivity contribution in [3.63, 3.8) is 0 Å². The summed E-state index contributed by atoms with van der Waals surface area (Å²) in [7, 11) is 1.62. The van der Waals surface area contributed by atoms with E-state index in [0.717, 1.165) is 5.69 Å². The normalized spacial score (nSPS) is 10.5. The lowest BCUT2D eigenvalue weighted by molar-refractivity contribution is -0.121. The number of carbonyl (C=O) groups is 1. The van der Waals surface area contributed by atoms with Gasteiger partial charge in [-0.25, -0.2) is 0 Å². The van der Waals surface area contributed by atoms with Gasteiger partial charge in [0.1, 0.15) is 0 Å². The third kappa shape index (κ3) is 5.75. The molecule has 2 N–H and O–H groups in total. The van der Waals surface area contributed by atoms with Gasteiger partial charge in [-0.3, -0.25) is 4.79 Å². The molecule has 1 rings (SSSR count). The zero-order valence-electron chi connectivity index (χ0n) is 12.0. The van der Waals surface area contributed by atoms with Crippen molar-refractivity contribution in [2.45, 2.75) is 26.2 Å². The fourth-order valence-corrected chi connectivity index (χ4v) is 1.85. The smallest absolute Gasteiger partial charge is 0.221 e. The van der Waals surface area contributed by atoms with Crippen LogP contribution in [0.2, 0.25) is 0 Å². The first kappa shape index (κ1) is 15.5.